The molecule has 1 aromatic carbocycles. The number of pyridine rings is 1. The quantitative estimate of drug-likeness (QED) is 0.866. The van der Waals surface area contributed by atoms with Gasteiger partial charge in [-0.05, 0) is 17.7 Å². The summed E-state index contributed by atoms with van der Waals surface area (Å²) in [6.45, 7) is 5.05. The molecule has 5 nitrogen and oxygen atoms in total. The van der Waals surface area contributed by atoms with Gasteiger partial charge in [0.25, 0.3) is 0 Å². The Labute approximate surface area is 142 Å². The third kappa shape index (κ3) is 3.12. The lowest BCUT2D eigenvalue weighted by Gasteiger charge is -2.36. The zero-order valence-corrected chi connectivity index (χ0v) is 13.7. The van der Waals surface area contributed by atoms with Crippen LogP contribution in [0.1, 0.15) is 11.3 Å². The van der Waals surface area contributed by atoms with Crippen LogP contribution >= 0.6 is 0 Å². The normalized spacial score (nSPS) is 21.2. The first-order valence-corrected chi connectivity index (χ1v) is 8.51. The molecular formula is C19H22N4O. The lowest BCUT2D eigenvalue weighted by atomic mass is 10.1. The number of piperazine rings is 1. The Morgan fingerprint density at radius 3 is 2.58 bits per heavy atom. The third-order valence-electron chi connectivity index (χ3n) is 4.84. The second-order valence-electron chi connectivity index (χ2n) is 6.55. The Hall–Kier alpha value is -2.40. The highest BCUT2D eigenvalue weighted by molar-refractivity contribution is 5.77. The van der Waals surface area contributed by atoms with Gasteiger partial charge < -0.3 is 9.80 Å². The van der Waals surface area contributed by atoms with Gasteiger partial charge in [0.2, 0.25) is 0 Å². The Kier molecular flexibility index (Phi) is 4.17. The van der Waals surface area contributed by atoms with Crippen LogP contribution in [0.4, 0.5) is 4.79 Å². The van der Waals surface area contributed by atoms with Crippen molar-refractivity contribution >= 4 is 6.03 Å². The second-order valence-corrected chi connectivity index (χ2v) is 6.55. The monoisotopic (exact) mass is 322 g/mol. The predicted octanol–water partition coefficient (Wildman–Crippen LogP) is 2.20. The van der Waals surface area contributed by atoms with E-state index in [1.54, 1.807) is 6.20 Å². The molecule has 0 spiro atoms. The standard InChI is InChI=1S/C19H22N4O/c24-19-22(13-17-8-4-5-9-20-17)15-18-14-21(10-11-23(18)19)12-16-6-2-1-3-7-16/h1-9,18H,10-15H2/t18-/m1/s1. The lowest BCUT2D eigenvalue weighted by molar-refractivity contribution is 0.116. The van der Waals surface area contributed by atoms with Crippen LogP contribution in [0, 0.1) is 0 Å². The molecule has 0 aliphatic carbocycles. The number of benzene rings is 1. The van der Waals surface area contributed by atoms with Crippen molar-refractivity contribution in [2.45, 2.75) is 19.1 Å². The second kappa shape index (κ2) is 6.61. The zero-order valence-electron chi connectivity index (χ0n) is 13.7. The maximum absolute atomic E-state index is 12.6. The van der Waals surface area contributed by atoms with Crippen molar-refractivity contribution in [2.24, 2.45) is 0 Å². The summed E-state index contributed by atoms with van der Waals surface area (Å²) >= 11 is 0. The number of urea groups is 1. The van der Waals surface area contributed by atoms with Crippen molar-refractivity contribution in [1.82, 2.24) is 19.7 Å². The van der Waals surface area contributed by atoms with Crippen LogP contribution in [0.5, 0.6) is 0 Å². The Bertz CT molecular complexity index is 691. The fraction of sp³-hybridized carbons (Fsp3) is 0.368. The van der Waals surface area contributed by atoms with Crippen LogP contribution < -0.4 is 0 Å². The average Bonchev–Trinajstić information content (AvgIpc) is 2.92. The van der Waals surface area contributed by atoms with Gasteiger partial charge in [-0.3, -0.25) is 9.88 Å². The van der Waals surface area contributed by atoms with E-state index in [1.165, 1.54) is 5.56 Å². The molecule has 1 aromatic heterocycles. The number of rotatable bonds is 4. The molecule has 2 fully saturated rings. The molecular weight excluding hydrogens is 300 g/mol. The van der Waals surface area contributed by atoms with E-state index in [0.717, 1.165) is 38.4 Å². The molecule has 0 unspecified atom stereocenters. The number of carbonyl (C=O) groups is 1. The molecule has 5 heteroatoms. The van der Waals surface area contributed by atoms with Gasteiger partial charge in [-0.25, -0.2) is 4.79 Å². The first kappa shape index (κ1) is 15.1. The van der Waals surface area contributed by atoms with Gasteiger partial charge in [-0.1, -0.05) is 36.4 Å². The first-order chi connectivity index (χ1) is 11.8. The minimum atomic E-state index is 0.157. The molecule has 0 bridgehead atoms. The van der Waals surface area contributed by atoms with Gasteiger partial charge in [0.05, 0.1) is 18.3 Å². The molecule has 0 radical (unpaired) electrons. The number of hydrogen-bond acceptors (Lipinski definition) is 3. The van der Waals surface area contributed by atoms with Crippen LogP contribution in [-0.2, 0) is 13.1 Å². The number of nitrogens with zero attached hydrogens (tertiary/aromatic N) is 4. The van der Waals surface area contributed by atoms with Gasteiger partial charge in [-0.15, -0.1) is 0 Å². The van der Waals surface area contributed by atoms with Gasteiger partial charge in [-0.2, -0.15) is 0 Å². The van der Waals surface area contributed by atoms with Gasteiger partial charge in [0.1, 0.15) is 0 Å². The fourth-order valence-electron chi connectivity index (χ4n) is 3.65. The Morgan fingerprint density at radius 1 is 0.958 bits per heavy atom. The average molecular weight is 322 g/mol. The van der Waals surface area contributed by atoms with Crippen LogP contribution in [-0.4, -0.2) is 57.9 Å². The first-order valence-electron chi connectivity index (χ1n) is 8.51. The third-order valence-corrected chi connectivity index (χ3v) is 4.84. The molecule has 2 aliphatic heterocycles. The predicted molar refractivity (Wildman–Crippen MR) is 92.3 cm³/mol. The van der Waals surface area contributed by atoms with E-state index < -0.39 is 0 Å². The van der Waals surface area contributed by atoms with Crippen LogP contribution in [0.3, 0.4) is 0 Å². The van der Waals surface area contributed by atoms with Crippen molar-refractivity contribution in [1.29, 1.82) is 0 Å². The zero-order chi connectivity index (χ0) is 16.4. The molecule has 2 saturated heterocycles. The SMILES string of the molecule is O=C1N(Cc2ccccn2)C[C@H]2CN(Cc3ccccc3)CCN12. The van der Waals surface area contributed by atoms with Crippen molar-refractivity contribution in [3.05, 3.63) is 66.0 Å². The highest BCUT2D eigenvalue weighted by Crippen LogP contribution is 2.23. The smallest absolute Gasteiger partial charge is 0.317 e. The number of fused-ring (bicyclic) bond motifs is 1. The molecule has 0 saturated carbocycles. The summed E-state index contributed by atoms with van der Waals surface area (Å²) in [6.07, 6.45) is 1.78. The molecule has 2 aliphatic rings. The van der Waals surface area contributed by atoms with Crippen molar-refractivity contribution in [3.8, 4) is 0 Å². The van der Waals surface area contributed by atoms with Crippen molar-refractivity contribution in [3.63, 3.8) is 0 Å². The number of carbonyl (C=O) groups excluding carboxylic acids is 1. The summed E-state index contributed by atoms with van der Waals surface area (Å²) in [7, 11) is 0. The summed E-state index contributed by atoms with van der Waals surface area (Å²) < 4.78 is 0. The summed E-state index contributed by atoms with van der Waals surface area (Å²) in [6, 6.07) is 16.8. The molecule has 0 N–H and O–H groups in total. The van der Waals surface area contributed by atoms with E-state index in [1.807, 2.05) is 34.1 Å². The number of hydrogen-bond donors (Lipinski definition) is 0. The van der Waals surface area contributed by atoms with E-state index in [2.05, 4.69) is 34.1 Å². The summed E-state index contributed by atoms with van der Waals surface area (Å²) in [5, 5.41) is 0. The summed E-state index contributed by atoms with van der Waals surface area (Å²) in [5.74, 6) is 0. The van der Waals surface area contributed by atoms with Crippen molar-refractivity contribution < 1.29 is 4.79 Å². The van der Waals surface area contributed by atoms with E-state index in [4.69, 9.17) is 0 Å². The van der Waals surface area contributed by atoms with Gasteiger partial charge in [0.15, 0.2) is 0 Å². The van der Waals surface area contributed by atoms with E-state index in [-0.39, 0.29) is 6.03 Å². The summed E-state index contributed by atoms with van der Waals surface area (Å²) in [5.41, 5.74) is 2.28. The number of amides is 2. The highest BCUT2D eigenvalue weighted by atomic mass is 16.2. The maximum atomic E-state index is 12.6. The van der Waals surface area contributed by atoms with Crippen LogP contribution in [0.2, 0.25) is 0 Å². The molecule has 2 aromatic rings. The van der Waals surface area contributed by atoms with Crippen molar-refractivity contribution in [2.75, 3.05) is 26.2 Å². The molecule has 124 valence electrons. The van der Waals surface area contributed by atoms with Gasteiger partial charge >= 0.3 is 6.03 Å². The molecule has 1 atom stereocenters. The van der Waals surface area contributed by atoms with Crippen LogP contribution in [0.25, 0.3) is 0 Å². The van der Waals surface area contributed by atoms with Crippen LogP contribution in [0.15, 0.2) is 54.7 Å². The molecule has 2 amide bonds. The van der Waals surface area contributed by atoms with E-state index >= 15 is 0 Å². The van der Waals surface area contributed by atoms with E-state index in [9.17, 15) is 4.79 Å². The topological polar surface area (TPSA) is 39.7 Å². The van der Waals surface area contributed by atoms with Gasteiger partial charge in [0, 0.05) is 38.9 Å². The summed E-state index contributed by atoms with van der Waals surface area (Å²) in [4.78, 5) is 23.4. The number of aromatic nitrogens is 1. The molecule has 24 heavy (non-hydrogen) atoms. The Morgan fingerprint density at radius 2 is 1.79 bits per heavy atom. The maximum Gasteiger partial charge on any atom is 0.320 e. The lowest BCUT2D eigenvalue weighted by Crippen LogP contribution is -2.51. The minimum absolute atomic E-state index is 0.157. The minimum Gasteiger partial charge on any atom is -0.317 e. The van der Waals surface area contributed by atoms with E-state index in [0.29, 0.717) is 12.6 Å². The highest BCUT2D eigenvalue weighted by Gasteiger charge is 2.40. The molecule has 4 rings (SSSR count). The molecule has 3 heterocycles. The fourth-order valence-corrected chi connectivity index (χ4v) is 3.65. The Balaban J connectivity index is 1.39. The largest absolute Gasteiger partial charge is 0.320 e.